The minimum Gasteiger partial charge on any atom is -0.493 e. The van der Waals surface area contributed by atoms with E-state index in [-0.39, 0.29) is 17.4 Å². The van der Waals surface area contributed by atoms with E-state index in [9.17, 15) is 4.79 Å². The number of benzene rings is 2. The molecule has 0 heterocycles. The second kappa shape index (κ2) is 8.14. The number of carbonyl (C=O) groups excluding carboxylic acids is 1. The van der Waals surface area contributed by atoms with Gasteiger partial charge in [0.1, 0.15) is 0 Å². The summed E-state index contributed by atoms with van der Waals surface area (Å²) in [7, 11) is 3.13. The molecular formula is C17H18N2O3S. The number of amides is 1. The minimum absolute atomic E-state index is 0.172. The van der Waals surface area contributed by atoms with Gasteiger partial charge in [-0.25, -0.2) is 0 Å². The molecule has 5 nitrogen and oxygen atoms in total. The number of carbonyl (C=O) groups is 1. The van der Waals surface area contributed by atoms with E-state index in [0.717, 1.165) is 5.56 Å². The summed E-state index contributed by atoms with van der Waals surface area (Å²) >= 11 is 5.15. The lowest BCUT2D eigenvalue weighted by atomic mass is 10.1. The van der Waals surface area contributed by atoms with Crippen molar-refractivity contribution in [2.24, 2.45) is 0 Å². The second-order valence-electron chi connectivity index (χ2n) is 4.73. The van der Waals surface area contributed by atoms with Crippen LogP contribution in [-0.2, 0) is 11.2 Å². The zero-order valence-electron chi connectivity index (χ0n) is 13.0. The highest BCUT2D eigenvalue weighted by Gasteiger charge is 2.08. The summed E-state index contributed by atoms with van der Waals surface area (Å²) in [6.07, 6.45) is 0.272. The Kier molecular flexibility index (Phi) is 5.94. The van der Waals surface area contributed by atoms with Crippen LogP contribution in [0.3, 0.4) is 0 Å². The van der Waals surface area contributed by atoms with Gasteiger partial charge in [-0.2, -0.15) is 0 Å². The minimum atomic E-state index is -0.172. The van der Waals surface area contributed by atoms with Crippen LogP contribution >= 0.6 is 12.2 Å². The predicted octanol–water partition coefficient (Wildman–Crippen LogP) is 2.76. The maximum atomic E-state index is 12.0. The molecule has 1 amide bonds. The van der Waals surface area contributed by atoms with E-state index < -0.39 is 0 Å². The summed E-state index contributed by atoms with van der Waals surface area (Å²) in [5.74, 6) is 1.03. The Hall–Kier alpha value is -2.60. The fraction of sp³-hybridized carbons (Fsp3) is 0.176. The van der Waals surface area contributed by atoms with Gasteiger partial charge in [-0.15, -0.1) is 0 Å². The van der Waals surface area contributed by atoms with Crippen LogP contribution in [0, 0.1) is 0 Å². The summed E-state index contributed by atoms with van der Waals surface area (Å²) in [4.78, 5) is 12.0. The van der Waals surface area contributed by atoms with Gasteiger partial charge in [0, 0.05) is 11.8 Å². The van der Waals surface area contributed by atoms with Crippen molar-refractivity contribution in [1.29, 1.82) is 0 Å². The molecule has 0 atom stereocenters. The van der Waals surface area contributed by atoms with Gasteiger partial charge >= 0.3 is 0 Å². The van der Waals surface area contributed by atoms with Crippen molar-refractivity contribution in [2.75, 3.05) is 19.5 Å². The molecule has 0 aliphatic carbocycles. The summed E-state index contributed by atoms with van der Waals surface area (Å²) in [6, 6.07) is 14.8. The van der Waals surface area contributed by atoms with Gasteiger partial charge in [0.15, 0.2) is 16.6 Å². The first-order valence-corrected chi connectivity index (χ1v) is 7.40. The first kappa shape index (κ1) is 16.8. The number of thiocarbonyl (C=S) groups is 1. The maximum Gasteiger partial charge on any atom is 0.230 e. The molecule has 120 valence electrons. The molecule has 2 rings (SSSR count). The van der Waals surface area contributed by atoms with E-state index >= 15 is 0 Å². The van der Waals surface area contributed by atoms with Crippen molar-refractivity contribution >= 4 is 28.9 Å². The Labute approximate surface area is 140 Å². The van der Waals surface area contributed by atoms with E-state index in [4.69, 9.17) is 21.7 Å². The smallest absolute Gasteiger partial charge is 0.230 e. The Morgan fingerprint density at radius 1 is 1.04 bits per heavy atom. The molecule has 2 N–H and O–H groups in total. The average molecular weight is 330 g/mol. The Morgan fingerprint density at radius 3 is 2.39 bits per heavy atom. The van der Waals surface area contributed by atoms with E-state index in [1.54, 1.807) is 32.4 Å². The van der Waals surface area contributed by atoms with Crippen LogP contribution in [0.2, 0.25) is 0 Å². The topological polar surface area (TPSA) is 59.6 Å². The van der Waals surface area contributed by atoms with Gasteiger partial charge in [-0.3, -0.25) is 4.79 Å². The van der Waals surface area contributed by atoms with E-state index in [1.165, 1.54) is 0 Å². The summed E-state index contributed by atoms with van der Waals surface area (Å²) < 4.78 is 10.4. The van der Waals surface area contributed by atoms with Crippen molar-refractivity contribution < 1.29 is 14.3 Å². The van der Waals surface area contributed by atoms with Crippen molar-refractivity contribution in [3.63, 3.8) is 0 Å². The third kappa shape index (κ3) is 4.96. The van der Waals surface area contributed by atoms with Crippen molar-refractivity contribution in [2.45, 2.75) is 6.42 Å². The first-order chi connectivity index (χ1) is 11.1. The highest BCUT2D eigenvalue weighted by atomic mass is 32.1. The van der Waals surface area contributed by atoms with Gasteiger partial charge in [0.2, 0.25) is 5.91 Å². The number of ether oxygens (including phenoxy) is 2. The molecule has 0 radical (unpaired) electrons. The number of anilines is 1. The number of methoxy groups -OCH3 is 2. The van der Waals surface area contributed by atoms with Gasteiger partial charge in [-0.1, -0.05) is 30.3 Å². The number of hydrogen-bond acceptors (Lipinski definition) is 4. The van der Waals surface area contributed by atoms with Crippen LogP contribution in [0.15, 0.2) is 48.5 Å². The van der Waals surface area contributed by atoms with Crippen LogP contribution in [0.25, 0.3) is 0 Å². The van der Waals surface area contributed by atoms with Crippen LogP contribution in [0.5, 0.6) is 11.5 Å². The molecule has 0 aliphatic heterocycles. The molecule has 0 unspecified atom stereocenters. The zero-order chi connectivity index (χ0) is 16.7. The lowest BCUT2D eigenvalue weighted by Crippen LogP contribution is -2.35. The molecule has 0 aromatic heterocycles. The molecule has 23 heavy (non-hydrogen) atoms. The van der Waals surface area contributed by atoms with E-state index in [0.29, 0.717) is 17.2 Å². The van der Waals surface area contributed by atoms with Gasteiger partial charge in [-0.05, 0) is 29.9 Å². The lowest BCUT2D eigenvalue weighted by molar-refractivity contribution is -0.119. The van der Waals surface area contributed by atoms with Gasteiger partial charge in [0.25, 0.3) is 0 Å². The van der Waals surface area contributed by atoms with Gasteiger partial charge in [0.05, 0.1) is 20.6 Å². The highest BCUT2D eigenvalue weighted by Crippen LogP contribution is 2.29. The third-order valence-electron chi connectivity index (χ3n) is 3.10. The number of nitrogens with one attached hydrogen (secondary N) is 2. The first-order valence-electron chi connectivity index (χ1n) is 6.99. The SMILES string of the molecule is COc1ccc(NC(=S)NC(=O)Cc2ccccc2)cc1OC. The summed E-state index contributed by atoms with van der Waals surface area (Å²) in [6.45, 7) is 0. The molecule has 6 heteroatoms. The molecule has 0 spiro atoms. The Balaban J connectivity index is 1.93. The predicted molar refractivity (Wildman–Crippen MR) is 94.1 cm³/mol. The van der Waals surface area contributed by atoms with Crippen molar-refractivity contribution in [1.82, 2.24) is 5.32 Å². The fourth-order valence-corrected chi connectivity index (χ4v) is 2.26. The normalized spacial score (nSPS) is 9.83. The largest absolute Gasteiger partial charge is 0.493 e. The number of hydrogen-bond donors (Lipinski definition) is 2. The summed E-state index contributed by atoms with van der Waals surface area (Å²) in [5, 5.41) is 5.84. The molecule has 0 saturated carbocycles. The lowest BCUT2D eigenvalue weighted by Gasteiger charge is -2.12. The highest BCUT2D eigenvalue weighted by molar-refractivity contribution is 7.80. The van der Waals surface area contributed by atoms with Gasteiger partial charge < -0.3 is 20.1 Å². The molecule has 0 saturated heterocycles. The van der Waals surface area contributed by atoms with Crippen molar-refractivity contribution in [3.8, 4) is 11.5 Å². The maximum absolute atomic E-state index is 12.0. The van der Waals surface area contributed by atoms with E-state index in [2.05, 4.69) is 10.6 Å². The van der Waals surface area contributed by atoms with Crippen LogP contribution in [0.4, 0.5) is 5.69 Å². The Bertz CT molecular complexity index is 689. The monoisotopic (exact) mass is 330 g/mol. The van der Waals surface area contributed by atoms with Crippen molar-refractivity contribution in [3.05, 3.63) is 54.1 Å². The van der Waals surface area contributed by atoms with Crippen LogP contribution in [0.1, 0.15) is 5.56 Å². The summed E-state index contributed by atoms with van der Waals surface area (Å²) in [5.41, 5.74) is 1.63. The van der Waals surface area contributed by atoms with E-state index in [1.807, 2.05) is 30.3 Å². The molecule has 2 aromatic rings. The third-order valence-corrected chi connectivity index (χ3v) is 3.31. The van der Waals surface area contributed by atoms with Crippen LogP contribution < -0.4 is 20.1 Å². The number of rotatable bonds is 5. The molecule has 0 bridgehead atoms. The zero-order valence-corrected chi connectivity index (χ0v) is 13.8. The molecule has 2 aromatic carbocycles. The average Bonchev–Trinajstić information content (AvgIpc) is 2.55. The Morgan fingerprint density at radius 2 is 1.74 bits per heavy atom. The quantitative estimate of drug-likeness (QED) is 0.826. The molecular weight excluding hydrogens is 312 g/mol. The fourth-order valence-electron chi connectivity index (χ4n) is 2.03. The second-order valence-corrected chi connectivity index (χ2v) is 5.14. The van der Waals surface area contributed by atoms with Crippen LogP contribution in [-0.4, -0.2) is 25.2 Å². The molecule has 0 fully saturated rings. The molecule has 0 aliphatic rings. The standard InChI is InChI=1S/C17H18N2O3S/c1-21-14-9-8-13(11-15(14)22-2)18-17(23)19-16(20)10-12-6-4-3-5-7-12/h3-9,11H,10H2,1-2H3,(H2,18,19,20,23).